The number of ether oxygens (including phenoxy) is 3. The van der Waals surface area contributed by atoms with Gasteiger partial charge >= 0.3 is 5.97 Å². The Hall–Kier alpha value is -1.14. The maximum atomic E-state index is 12.2. The minimum absolute atomic E-state index is 0.0430. The van der Waals surface area contributed by atoms with Crippen molar-refractivity contribution in [1.29, 1.82) is 0 Å². The van der Waals surface area contributed by atoms with Crippen LogP contribution in [0.25, 0.3) is 0 Å². The molecule has 1 amide bonds. The second kappa shape index (κ2) is 9.72. The summed E-state index contributed by atoms with van der Waals surface area (Å²) in [6.07, 6.45) is 3.45. The van der Waals surface area contributed by atoms with Crippen LogP contribution in [0, 0.1) is 0 Å². The van der Waals surface area contributed by atoms with Crippen molar-refractivity contribution in [3.05, 3.63) is 0 Å². The highest BCUT2D eigenvalue weighted by molar-refractivity contribution is 5.77. The van der Waals surface area contributed by atoms with E-state index in [-0.39, 0.29) is 24.4 Å². The van der Waals surface area contributed by atoms with Gasteiger partial charge in [-0.25, -0.2) is 0 Å². The van der Waals surface area contributed by atoms with Crippen LogP contribution in [0.4, 0.5) is 0 Å². The molecular weight excluding hydrogens is 262 g/mol. The molecule has 0 aromatic heterocycles. The van der Waals surface area contributed by atoms with Gasteiger partial charge in [0.1, 0.15) is 0 Å². The zero-order valence-electron chi connectivity index (χ0n) is 12.4. The van der Waals surface area contributed by atoms with Crippen molar-refractivity contribution in [3.63, 3.8) is 0 Å². The number of carbonyl (C=O) groups excluding carboxylic acids is 2. The van der Waals surface area contributed by atoms with Crippen LogP contribution in [0.2, 0.25) is 0 Å². The molecular formula is C14H25NO5. The van der Waals surface area contributed by atoms with E-state index in [2.05, 4.69) is 4.74 Å². The fraction of sp³-hybridized carbons (Fsp3) is 0.857. The molecule has 1 aliphatic rings. The standard InChI is InChI=1S/C14H25NO5/c1-18-9-4-6-13(16)15(8-7-14(17)19-2)11-12-5-3-10-20-12/h12H,3-11H2,1-2H3. The normalized spacial score (nSPS) is 18.0. The molecule has 0 aliphatic carbocycles. The predicted molar refractivity (Wildman–Crippen MR) is 73.3 cm³/mol. The molecule has 0 N–H and O–H groups in total. The molecule has 20 heavy (non-hydrogen) atoms. The Bertz CT molecular complexity index is 302. The average Bonchev–Trinajstić information content (AvgIpc) is 2.96. The van der Waals surface area contributed by atoms with Gasteiger partial charge in [0.15, 0.2) is 0 Å². The highest BCUT2D eigenvalue weighted by Crippen LogP contribution is 2.14. The smallest absolute Gasteiger partial charge is 0.307 e. The van der Waals surface area contributed by atoms with Gasteiger partial charge in [0.25, 0.3) is 0 Å². The van der Waals surface area contributed by atoms with E-state index in [0.717, 1.165) is 19.4 Å². The number of rotatable bonds is 9. The van der Waals surface area contributed by atoms with E-state index in [1.165, 1.54) is 7.11 Å². The minimum atomic E-state index is -0.299. The molecule has 6 nitrogen and oxygen atoms in total. The van der Waals surface area contributed by atoms with Crippen LogP contribution in [0.1, 0.15) is 32.1 Å². The number of esters is 1. The lowest BCUT2D eigenvalue weighted by molar-refractivity contribution is -0.142. The van der Waals surface area contributed by atoms with Gasteiger partial charge in [-0.1, -0.05) is 0 Å². The molecule has 0 bridgehead atoms. The first-order chi connectivity index (χ1) is 9.67. The van der Waals surface area contributed by atoms with E-state index >= 15 is 0 Å². The lowest BCUT2D eigenvalue weighted by Crippen LogP contribution is -2.38. The third kappa shape index (κ3) is 6.34. The summed E-state index contributed by atoms with van der Waals surface area (Å²) in [4.78, 5) is 25.1. The quantitative estimate of drug-likeness (QED) is 0.467. The number of hydrogen-bond acceptors (Lipinski definition) is 5. The molecule has 0 aromatic carbocycles. The van der Waals surface area contributed by atoms with Crippen LogP contribution in [0.15, 0.2) is 0 Å². The first-order valence-electron chi connectivity index (χ1n) is 7.12. The molecule has 1 rings (SSSR count). The number of carbonyl (C=O) groups is 2. The molecule has 1 atom stereocenters. The van der Waals surface area contributed by atoms with Crippen molar-refractivity contribution in [2.24, 2.45) is 0 Å². The molecule has 0 aromatic rings. The summed E-state index contributed by atoms with van der Waals surface area (Å²) in [6, 6.07) is 0. The highest BCUT2D eigenvalue weighted by atomic mass is 16.5. The van der Waals surface area contributed by atoms with E-state index in [0.29, 0.717) is 32.5 Å². The van der Waals surface area contributed by atoms with Gasteiger partial charge < -0.3 is 19.1 Å². The van der Waals surface area contributed by atoms with E-state index < -0.39 is 0 Å². The SMILES string of the molecule is COCCCC(=O)N(CCC(=O)OC)CC1CCCO1. The van der Waals surface area contributed by atoms with Crippen LogP contribution < -0.4 is 0 Å². The number of nitrogens with zero attached hydrogens (tertiary/aromatic N) is 1. The molecule has 116 valence electrons. The molecule has 0 radical (unpaired) electrons. The molecule has 1 unspecified atom stereocenters. The van der Waals surface area contributed by atoms with Gasteiger partial charge in [0.2, 0.25) is 5.91 Å². The zero-order chi connectivity index (χ0) is 14.8. The van der Waals surface area contributed by atoms with E-state index in [1.807, 2.05) is 0 Å². The van der Waals surface area contributed by atoms with Crippen LogP contribution >= 0.6 is 0 Å². The Morgan fingerprint density at radius 2 is 2.10 bits per heavy atom. The minimum Gasteiger partial charge on any atom is -0.469 e. The molecule has 1 aliphatic heterocycles. The second-order valence-electron chi connectivity index (χ2n) is 4.90. The molecule has 0 saturated carbocycles. The van der Waals surface area contributed by atoms with Gasteiger partial charge in [0.05, 0.1) is 19.6 Å². The fourth-order valence-corrected chi connectivity index (χ4v) is 2.21. The predicted octanol–water partition coefficient (Wildman–Crippen LogP) is 0.984. The second-order valence-corrected chi connectivity index (χ2v) is 4.90. The van der Waals surface area contributed by atoms with Crippen molar-refractivity contribution in [1.82, 2.24) is 4.90 Å². The maximum absolute atomic E-state index is 12.2. The largest absolute Gasteiger partial charge is 0.469 e. The molecule has 1 saturated heterocycles. The zero-order valence-corrected chi connectivity index (χ0v) is 12.4. The first-order valence-corrected chi connectivity index (χ1v) is 7.12. The monoisotopic (exact) mass is 287 g/mol. The van der Waals surface area contributed by atoms with Gasteiger partial charge in [-0.05, 0) is 19.3 Å². The lowest BCUT2D eigenvalue weighted by atomic mass is 10.2. The average molecular weight is 287 g/mol. The van der Waals surface area contributed by atoms with Crippen molar-refractivity contribution >= 4 is 11.9 Å². The van der Waals surface area contributed by atoms with Crippen LogP contribution in [-0.2, 0) is 23.8 Å². The summed E-state index contributed by atoms with van der Waals surface area (Å²) in [5.74, 6) is -0.256. The first kappa shape index (κ1) is 16.9. The molecule has 1 heterocycles. The number of amides is 1. The van der Waals surface area contributed by atoms with Gasteiger partial charge in [-0.3, -0.25) is 9.59 Å². The summed E-state index contributed by atoms with van der Waals surface area (Å²) >= 11 is 0. The van der Waals surface area contributed by atoms with Crippen LogP contribution in [0.5, 0.6) is 0 Å². The van der Waals surface area contributed by atoms with E-state index in [9.17, 15) is 9.59 Å². The Balaban J connectivity index is 2.43. The topological polar surface area (TPSA) is 65.1 Å². The van der Waals surface area contributed by atoms with Crippen molar-refractivity contribution < 1.29 is 23.8 Å². The maximum Gasteiger partial charge on any atom is 0.307 e. The van der Waals surface area contributed by atoms with Gasteiger partial charge in [-0.15, -0.1) is 0 Å². The van der Waals surface area contributed by atoms with E-state index in [4.69, 9.17) is 9.47 Å². The summed E-state index contributed by atoms with van der Waals surface area (Å²) in [5, 5.41) is 0. The summed E-state index contributed by atoms with van der Waals surface area (Å²) < 4.78 is 15.1. The molecule has 1 fully saturated rings. The van der Waals surface area contributed by atoms with Crippen molar-refractivity contribution in [3.8, 4) is 0 Å². The van der Waals surface area contributed by atoms with Crippen LogP contribution in [0.3, 0.4) is 0 Å². The van der Waals surface area contributed by atoms with Crippen molar-refractivity contribution in [2.45, 2.75) is 38.2 Å². The van der Waals surface area contributed by atoms with Crippen LogP contribution in [-0.4, -0.2) is 63.4 Å². The lowest BCUT2D eigenvalue weighted by Gasteiger charge is -2.25. The number of methoxy groups -OCH3 is 2. The summed E-state index contributed by atoms with van der Waals surface area (Å²) in [7, 11) is 2.97. The molecule has 6 heteroatoms. The number of hydrogen-bond donors (Lipinski definition) is 0. The Morgan fingerprint density at radius 3 is 2.70 bits per heavy atom. The third-order valence-corrected chi connectivity index (χ3v) is 3.35. The fourth-order valence-electron chi connectivity index (χ4n) is 2.21. The summed E-state index contributed by atoms with van der Waals surface area (Å²) in [6.45, 7) is 2.27. The third-order valence-electron chi connectivity index (χ3n) is 3.35. The highest BCUT2D eigenvalue weighted by Gasteiger charge is 2.22. The van der Waals surface area contributed by atoms with E-state index in [1.54, 1.807) is 12.0 Å². The van der Waals surface area contributed by atoms with Gasteiger partial charge in [0, 0.05) is 39.8 Å². The van der Waals surface area contributed by atoms with Crippen molar-refractivity contribution in [2.75, 3.05) is 40.5 Å². The Kier molecular flexibility index (Phi) is 8.22. The Morgan fingerprint density at radius 1 is 1.30 bits per heavy atom. The molecule has 0 spiro atoms. The Labute approximate surface area is 120 Å². The van der Waals surface area contributed by atoms with Gasteiger partial charge in [-0.2, -0.15) is 0 Å². The summed E-state index contributed by atoms with van der Waals surface area (Å²) in [5.41, 5.74) is 0.